The van der Waals surface area contributed by atoms with Crippen LogP contribution in [0, 0.1) is 34.5 Å². The van der Waals surface area contributed by atoms with E-state index in [0.29, 0.717) is 24.2 Å². The summed E-state index contributed by atoms with van der Waals surface area (Å²) in [6.45, 7) is 5.56. The molecule has 0 aromatic heterocycles. The minimum Gasteiger partial charge on any atom is -0.458 e. The third-order valence-corrected chi connectivity index (χ3v) is 8.81. The molecule has 0 heterocycles. The molecular formula is C23H32O5. The van der Waals surface area contributed by atoms with E-state index >= 15 is 0 Å². The predicted octanol–water partition coefficient (Wildman–Crippen LogP) is 3.24. The van der Waals surface area contributed by atoms with Gasteiger partial charge < -0.3 is 9.84 Å². The van der Waals surface area contributed by atoms with Gasteiger partial charge in [0.05, 0.1) is 0 Å². The SMILES string of the molecule is CC(=O)O[C@H]1C[C@@H]2[C@H]3CC[C@@H](C(=O)CO)[C@]3(C)CC[C@H]2[C@@]2(C)CCC(=O)C=C12. The number of Topliss-reactive ketones (excluding diaryl/α,β-unsaturated/α-hetero) is 1. The quantitative estimate of drug-likeness (QED) is 0.751. The lowest BCUT2D eigenvalue weighted by Gasteiger charge is -2.59. The maximum Gasteiger partial charge on any atom is 0.303 e. The highest BCUT2D eigenvalue weighted by Crippen LogP contribution is 2.66. The first kappa shape index (κ1) is 19.8. The molecule has 0 aromatic rings. The zero-order chi connectivity index (χ0) is 20.3. The van der Waals surface area contributed by atoms with Gasteiger partial charge in [-0.2, -0.15) is 0 Å². The highest BCUT2D eigenvalue weighted by molar-refractivity contribution is 5.92. The predicted molar refractivity (Wildman–Crippen MR) is 103 cm³/mol. The molecule has 0 aromatic carbocycles. The topological polar surface area (TPSA) is 80.7 Å². The van der Waals surface area contributed by atoms with Crippen LogP contribution in [0.25, 0.3) is 0 Å². The third-order valence-electron chi connectivity index (χ3n) is 8.81. The van der Waals surface area contributed by atoms with E-state index in [1.54, 1.807) is 6.08 Å². The van der Waals surface area contributed by atoms with Crippen molar-refractivity contribution in [2.24, 2.45) is 34.5 Å². The number of ketones is 2. The van der Waals surface area contributed by atoms with Crippen LogP contribution >= 0.6 is 0 Å². The Morgan fingerprint density at radius 3 is 2.61 bits per heavy atom. The van der Waals surface area contributed by atoms with Crippen molar-refractivity contribution in [3.8, 4) is 0 Å². The van der Waals surface area contributed by atoms with Gasteiger partial charge in [0.15, 0.2) is 11.6 Å². The van der Waals surface area contributed by atoms with Crippen LogP contribution in [-0.4, -0.2) is 35.4 Å². The fourth-order valence-electron chi connectivity index (χ4n) is 7.53. The molecule has 1 N–H and O–H groups in total. The lowest BCUT2D eigenvalue weighted by Crippen LogP contribution is -2.55. The normalized spacial score (nSPS) is 44.8. The van der Waals surface area contributed by atoms with Crippen molar-refractivity contribution in [2.75, 3.05) is 6.61 Å². The molecule has 4 rings (SSSR count). The molecule has 28 heavy (non-hydrogen) atoms. The van der Waals surface area contributed by atoms with Crippen molar-refractivity contribution in [3.63, 3.8) is 0 Å². The number of hydrogen-bond donors (Lipinski definition) is 1. The second-order valence-corrected chi connectivity index (χ2v) is 9.99. The van der Waals surface area contributed by atoms with Crippen molar-refractivity contribution >= 4 is 17.5 Å². The summed E-state index contributed by atoms with van der Waals surface area (Å²) >= 11 is 0. The molecule has 4 aliphatic carbocycles. The number of hydrogen-bond acceptors (Lipinski definition) is 5. The summed E-state index contributed by atoms with van der Waals surface area (Å²) in [5.74, 6) is 0.996. The highest BCUT2D eigenvalue weighted by Gasteiger charge is 2.61. The molecule has 5 nitrogen and oxygen atoms in total. The van der Waals surface area contributed by atoms with E-state index in [0.717, 1.165) is 44.1 Å². The van der Waals surface area contributed by atoms with Gasteiger partial charge in [0.25, 0.3) is 0 Å². The van der Waals surface area contributed by atoms with E-state index in [4.69, 9.17) is 4.74 Å². The van der Waals surface area contributed by atoms with Crippen molar-refractivity contribution in [3.05, 3.63) is 11.6 Å². The van der Waals surface area contributed by atoms with Gasteiger partial charge in [0.1, 0.15) is 12.7 Å². The van der Waals surface area contributed by atoms with Crippen molar-refractivity contribution < 1.29 is 24.2 Å². The van der Waals surface area contributed by atoms with Crippen LogP contribution < -0.4 is 0 Å². The van der Waals surface area contributed by atoms with Gasteiger partial charge in [0, 0.05) is 19.3 Å². The Morgan fingerprint density at radius 2 is 1.93 bits per heavy atom. The van der Waals surface area contributed by atoms with Gasteiger partial charge in [-0.1, -0.05) is 13.8 Å². The van der Waals surface area contributed by atoms with E-state index in [9.17, 15) is 19.5 Å². The van der Waals surface area contributed by atoms with E-state index < -0.39 is 0 Å². The minimum absolute atomic E-state index is 0.0224. The molecule has 3 fully saturated rings. The van der Waals surface area contributed by atoms with Gasteiger partial charge in [-0.3, -0.25) is 14.4 Å². The smallest absolute Gasteiger partial charge is 0.303 e. The summed E-state index contributed by atoms with van der Waals surface area (Å²) in [6.07, 6.45) is 7.42. The van der Waals surface area contributed by atoms with Crippen LogP contribution in [0.4, 0.5) is 0 Å². The number of ether oxygens (including phenoxy) is 1. The number of esters is 1. The van der Waals surface area contributed by atoms with E-state index in [1.807, 2.05) is 0 Å². The first-order valence-corrected chi connectivity index (χ1v) is 10.8. The van der Waals surface area contributed by atoms with Crippen LogP contribution in [0.2, 0.25) is 0 Å². The third kappa shape index (κ3) is 2.80. The monoisotopic (exact) mass is 388 g/mol. The maximum absolute atomic E-state index is 12.4. The van der Waals surface area contributed by atoms with E-state index in [2.05, 4.69) is 13.8 Å². The number of carbonyl (C=O) groups is 3. The first-order valence-electron chi connectivity index (χ1n) is 10.8. The number of aliphatic hydroxyl groups is 1. The minimum atomic E-state index is -0.371. The average Bonchev–Trinajstić information content (AvgIpc) is 2.99. The number of fused-ring (bicyclic) bond motifs is 5. The van der Waals surface area contributed by atoms with Gasteiger partial charge in [0.2, 0.25) is 0 Å². The second-order valence-electron chi connectivity index (χ2n) is 9.99. The molecule has 0 spiro atoms. The van der Waals surface area contributed by atoms with E-state index in [-0.39, 0.29) is 47.0 Å². The molecule has 0 saturated heterocycles. The Hall–Kier alpha value is -1.49. The van der Waals surface area contributed by atoms with Crippen molar-refractivity contribution in [2.45, 2.75) is 71.8 Å². The Kier molecular flexibility index (Phi) is 4.80. The molecule has 0 unspecified atom stereocenters. The largest absolute Gasteiger partial charge is 0.458 e. The Labute approximate surface area is 166 Å². The molecule has 0 bridgehead atoms. The second kappa shape index (κ2) is 6.79. The Bertz CT molecular complexity index is 739. The number of carbonyl (C=O) groups excluding carboxylic acids is 3. The summed E-state index contributed by atoms with van der Waals surface area (Å²) < 4.78 is 5.73. The molecule has 154 valence electrons. The summed E-state index contributed by atoms with van der Waals surface area (Å²) in [5.41, 5.74) is 0.825. The number of aliphatic hydroxyl groups excluding tert-OH is 1. The van der Waals surface area contributed by atoms with Gasteiger partial charge >= 0.3 is 5.97 Å². The van der Waals surface area contributed by atoms with Crippen molar-refractivity contribution in [1.29, 1.82) is 0 Å². The van der Waals surface area contributed by atoms with Crippen LogP contribution in [0.1, 0.15) is 65.7 Å². The maximum atomic E-state index is 12.4. The molecule has 5 heteroatoms. The molecule has 0 radical (unpaired) electrons. The molecule has 7 atom stereocenters. The summed E-state index contributed by atoms with van der Waals surface area (Å²) in [5, 5.41) is 9.45. The molecule has 3 saturated carbocycles. The summed E-state index contributed by atoms with van der Waals surface area (Å²) in [7, 11) is 0. The molecule has 4 aliphatic rings. The Balaban J connectivity index is 1.71. The standard InChI is InChI=1S/C23H32O5/c1-13(25)28-21-11-15-16-4-5-18(20(27)12-24)22(16,2)9-7-17(15)23(3)8-6-14(26)10-19(21)23/h10,15-18,21,24H,4-9,11-12H2,1-3H3/t15-,16-,17-,18+,21+,22-,23-/m1/s1. The molecule has 0 aliphatic heterocycles. The Morgan fingerprint density at radius 1 is 1.18 bits per heavy atom. The zero-order valence-corrected chi connectivity index (χ0v) is 17.2. The first-order chi connectivity index (χ1) is 13.2. The van der Waals surface area contributed by atoms with Crippen LogP contribution in [-0.2, 0) is 19.1 Å². The summed E-state index contributed by atoms with van der Waals surface area (Å²) in [6, 6.07) is 0. The molecule has 0 amide bonds. The van der Waals surface area contributed by atoms with Gasteiger partial charge in [-0.15, -0.1) is 0 Å². The fraction of sp³-hybridized carbons (Fsp3) is 0.783. The van der Waals surface area contributed by atoms with Crippen LogP contribution in [0.3, 0.4) is 0 Å². The zero-order valence-electron chi connectivity index (χ0n) is 17.2. The van der Waals surface area contributed by atoms with Gasteiger partial charge in [-0.05, 0) is 78.8 Å². The lowest BCUT2D eigenvalue weighted by molar-refractivity contribution is -0.153. The summed E-state index contributed by atoms with van der Waals surface area (Å²) in [4.78, 5) is 36.4. The number of rotatable bonds is 3. The van der Waals surface area contributed by atoms with Crippen molar-refractivity contribution in [1.82, 2.24) is 0 Å². The van der Waals surface area contributed by atoms with Crippen LogP contribution in [0.5, 0.6) is 0 Å². The van der Waals surface area contributed by atoms with Gasteiger partial charge in [-0.25, -0.2) is 0 Å². The lowest BCUT2D eigenvalue weighted by atomic mass is 9.46. The van der Waals surface area contributed by atoms with Crippen LogP contribution in [0.15, 0.2) is 11.6 Å². The average molecular weight is 389 g/mol. The molecular weight excluding hydrogens is 356 g/mol. The fourth-order valence-corrected chi connectivity index (χ4v) is 7.53. The van der Waals surface area contributed by atoms with E-state index in [1.165, 1.54) is 6.92 Å². The highest BCUT2D eigenvalue weighted by atomic mass is 16.5.